The van der Waals surface area contributed by atoms with Crippen LogP contribution in [0.2, 0.25) is 0 Å². The molecular formula is C13H15NOS. The third-order valence-corrected chi connectivity index (χ3v) is 3.35. The van der Waals surface area contributed by atoms with Gasteiger partial charge in [0.2, 0.25) is 0 Å². The first-order valence-corrected chi connectivity index (χ1v) is 6.30. The molecule has 0 fully saturated rings. The number of thiazole rings is 1. The van der Waals surface area contributed by atoms with Gasteiger partial charge in [0.05, 0.1) is 5.69 Å². The molecule has 2 rings (SSSR count). The van der Waals surface area contributed by atoms with E-state index in [9.17, 15) is 0 Å². The molecule has 84 valence electrons. The Morgan fingerprint density at radius 3 is 3.00 bits per heavy atom. The van der Waals surface area contributed by atoms with Gasteiger partial charge in [-0.2, -0.15) is 0 Å². The smallest absolute Gasteiger partial charge is 0.123 e. The van der Waals surface area contributed by atoms with Crippen molar-refractivity contribution in [1.82, 2.24) is 4.98 Å². The topological polar surface area (TPSA) is 33.1 Å². The molecule has 0 saturated carbocycles. The van der Waals surface area contributed by atoms with Crippen molar-refractivity contribution in [3.05, 3.63) is 40.9 Å². The van der Waals surface area contributed by atoms with E-state index in [4.69, 9.17) is 5.11 Å². The molecule has 1 heterocycles. The van der Waals surface area contributed by atoms with Crippen molar-refractivity contribution in [2.75, 3.05) is 6.61 Å². The van der Waals surface area contributed by atoms with E-state index in [1.807, 2.05) is 0 Å². The summed E-state index contributed by atoms with van der Waals surface area (Å²) in [6, 6.07) is 8.37. The van der Waals surface area contributed by atoms with Crippen LogP contribution in [0, 0.1) is 6.92 Å². The monoisotopic (exact) mass is 233 g/mol. The first-order chi connectivity index (χ1) is 7.79. The number of aliphatic hydroxyl groups excluding tert-OH is 1. The average molecular weight is 233 g/mol. The van der Waals surface area contributed by atoms with Crippen molar-refractivity contribution in [2.45, 2.75) is 19.8 Å². The van der Waals surface area contributed by atoms with Crippen molar-refractivity contribution in [1.29, 1.82) is 0 Å². The Morgan fingerprint density at radius 2 is 2.25 bits per heavy atom. The number of benzene rings is 1. The molecule has 0 aliphatic heterocycles. The fourth-order valence-corrected chi connectivity index (χ4v) is 2.44. The molecule has 0 bridgehead atoms. The fraction of sp³-hybridized carbons (Fsp3) is 0.308. The Hall–Kier alpha value is -1.19. The molecule has 16 heavy (non-hydrogen) atoms. The number of aromatic nitrogens is 1. The summed E-state index contributed by atoms with van der Waals surface area (Å²) in [5, 5.41) is 11.9. The summed E-state index contributed by atoms with van der Waals surface area (Å²) in [4.78, 5) is 4.57. The Morgan fingerprint density at radius 1 is 1.38 bits per heavy atom. The SMILES string of the molecule is Cc1cccc(-c2nc(CCCO)cs2)c1. The number of rotatable bonds is 4. The van der Waals surface area contributed by atoms with Crippen LogP contribution in [-0.4, -0.2) is 16.7 Å². The van der Waals surface area contributed by atoms with Crippen LogP contribution >= 0.6 is 11.3 Å². The highest BCUT2D eigenvalue weighted by Gasteiger charge is 2.04. The molecule has 0 unspecified atom stereocenters. The van der Waals surface area contributed by atoms with Crippen LogP contribution in [0.4, 0.5) is 0 Å². The Labute approximate surface area is 99.6 Å². The summed E-state index contributed by atoms with van der Waals surface area (Å²) in [6.07, 6.45) is 1.65. The van der Waals surface area contributed by atoms with Crippen molar-refractivity contribution in [2.24, 2.45) is 0 Å². The summed E-state index contributed by atoms with van der Waals surface area (Å²) >= 11 is 1.67. The van der Waals surface area contributed by atoms with Crippen LogP contribution in [0.15, 0.2) is 29.6 Å². The van der Waals surface area contributed by atoms with Gasteiger partial charge < -0.3 is 5.11 Å². The minimum atomic E-state index is 0.233. The Bertz CT molecular complexity index is 464. The van der Waals surface area contributed by atoms with Crippen LogP contribution in [0.1, 0.15) is 17.7 Å². The van der Waals surface area contributed by atoms with E-state index in [1.165, 1.54) is 11.1 Å². The quantitative estimate of drug-likeness (QED) is 0.880. The van der Waals surface area contributed by atoms with Crippen LogP contribution in [0.5, 0.6) is 0 Å². The molecule has 0 atom stereocenters. The highest BCUT2D eigenvalue weighted by molar-refractivity contribution is 7.13. The molecule has 0 aliphatic rings. The molecule has 2 aromatic rings. The van der Waals surface area contributed by atoms with Gasteiger partial charge in [0.25, 0.3) is 0 Å². The van der Waals surface area contributed by atoms with Crippen molar-refractivity contribution in [3.8, 4) is 10.6 Å². The Kier molecular flexibility index (Phi) is 3.70. The second kappa shape index (κ2) is 5.23. The summed E-state index contributed by atoms with van der Waals surface area (Å²) in [5.41, 5.74) is 3.51. The normalized spacial score (nSPS) is 10.6. The van der Waals surface area contributed by atoms with Crippen molar-refractivity contribution >= 4 is 11.3 Å². The fourth-order valence-electron chi connectivity index (χ4n) is 1.59. The highest BCUT2D eigenvalue weighted by atomic mass is 32.1. The first-order valence-electron chi connectivity index (χ1n) is 5.42. The van der Waals surface area contributed by atoms with Crippen molar-refractivity contribution < 1.29 is 5.11 Å². The molecule has 1 aromatic carbocycles. The summed E-state index contributed by atoms with van der Waals surface area (Å²) in [5.74, 6) is 0. The maximum Gasteiger partial charge on any atom is 0.123 e. The van der Waals surface area contributed by atoms with Crippen molar-refractivity contribution in [3.63, 3.8) is 0 Å². The van der Waals surface area contributed by atoms with E-state index in [1.54, 1.807) is 11.3 Å². The highest BCUT2D eigenvalue weighted by Crippen LogP contribution is 2.24. The van der Waals surface area contributed by atoms with Gasteiger partial charge in [-0.15, -0.1) is 11.3 Å². The predicted molar refractivity (Wildman–Crippen MR) is 67.7 cm³/mol. The van der Waals surface area contributed by atoms with E-state index in [0.29, 0.717) is 0 Å². The lowest BCUT2D eigenvalue weighted by Gasteiger charge is -1.97. The van der Waals surface area contributed by atoms with Gasteiger partial charge >= 0.3 is 0 Å². The number of nitrogens with zero attached hydrogens (tertiary/aromatic N) is 1. The molecule has 1 N–H and O–H groups in total. The van der Waals surface area contributed by atoms with Crippen LogP contribution in [0.25, 0.3) is 10.6 Å². The van der Waals surface area contributed by atoms with Crippen LogP contribution in [-0.2, 0) is 6.42 Å². The van der Waals surface area contributed by atoms with Gasteiger partial charge in [-0.1, -0.05) is 23.8 Å². The summed E-state index contributed by atoms with van der Waals surface area (Å²) in [6.45, 7) is 2.32. The van der Waals surface area contributed by atoms with E-state index in [-0.39, 0.29) is 6.61 Å². The summed E-state index contributed by atoms with van der Waals surface area (Å²) < 4.78 is 0. The molecule has 0 amide bonds. The number of aryl methyl sites for hydroxylation is 2. The van der Waals surface area contributed by atoms with E-state index in [0.717, 1.165) is 23.5 Å². The van der Waals surface area contributed by atoms with Gasteiger partial charge in [0.1, 0.15) is 5.01 Å². The third kappa shape index (κ3) is 2.68. The number of hydrogen-bond donors (Lipinski definition) is 1. The van der Waals surface area contributed by atoms with Gasteiger partial charge in [0.15, 0.2) is 0 Å². The molecular weight excluding hydrogens is 218 g/mol. The van der Waals surface area contributed by atoms with E-state index < -0.39 is 0 Å². The zero-order valence-electron chi connectivity index (χ0n) is 9.31. The van der Waals surface area contributed by atoms with Gasteiger partial charge in [-0.25, -0.2) is 4.98 Å². The molecule has 2 nitrogen and oxygen atoms in total. The maximum atomic E-state index is 8.76. The second-order valence-corrected chi connectivity index (χ2v) is 4.70. The predicted octanol–water partition coefficient (Wildman–Crippen LogP) is 3.04. The Balaban J connectivity index is 2.18. The zero-order chi connectivity index (χ0) is 11.4. The molecule has 0 saturated heterocycles. The third-order valence-electron chi connectivity index (χ3n) is 2.41. The van der Waals surface area contributed by atoms with E-state index >= 15 is 0 Å². The lowest BCUT2D eigenvalue weighted by molar-refractivity contribution is 0.288. The molecule has 1 aromatic heterocycles. The second-order valence-electron chi connectivity index (χ2n) is 3.84. The minimum absolute atomic E-state index is 0.233. The standard InChI is InChI=1S/C13H15NOS/c1-10-4-2-5-11(8-10)13-14-12(9-16-13)6-3-7-15/h2,4-5,8-9,15H,3,6-7H2,1H3. The van der Waals surface area contributed by atoms with Gasteiger partial charge in [-0.05, 0) is 25.8 Å². The largest absolute Gasteiger partial charge is 0.396 e. The lowest BCUT2D eigenvalue weighted by Crippen LogP contribution is -1.89. The first kappa shape index (κ1) is 11.3. The minimum Gasteiger partial charge on any atom is -0.396 e. The molecule has 0 spiro atoms. The average Bonchev–Trinajstić information content (AvgIpc) is 2.75. The van der Waals surface area contributed by atoms with E-state index in [2.05, 4.69) is 41.6 Å². The maximum absolute atomic E-state index is 8.76. The van der Waals surface area contributed by atoms with Crippen LogP contribution < -0.4 is 0 Å². The molecule has 3 heteroatoms. The van der Waals surface area contributed by atoms with Crippen LogP contribution in [0.3, 0.4) is 0 Å². The number of hydrogen-bond acceptors (Lipinski definition) is 3. The number of aliphatic hydroxyl groups is 1. The summed E-state index contributed by atoms with van der Waals surface area (Å²) in [7, 11) is 0. The zero-order valence-corrected chi connectivity index (χ0v) is 10.1. The van der Waals surface area contributed by atoms with Gasteiger partial charge in [-0.3, -0.25) is 0 Å². The van der Waals surface area contributed by atoms with Gasteiger partial charge in [0, 0.05) is 17.6 Å². The molecule has 0 aliphatic carbocycles. The lowest BCUT2D eigenvalue weighted by atomic mass is 10.1. The molecule has 0 radical (unpaired) electrons.